The van der Waals surface area contributed by atoms with Crippen molar-refractivity contribution in [1.29, 1.82) is 0 Å². The molecule has 0 aliphatic carbocycles. The molecule has 1 aromatic carbocycles. The number of carbonyl (C=O) groups is 2. The standard InChI is InChI=1S/C17H17ClF3N3O4/c1-10-3-4-12(18)7-11(10)9-22-15(25)13-8-14(23-28-13)24(5-6-27-2)16(26)17(19,20)21/h3-4,7-8H,5-6,9H2,1-2H3,(H,22,25). The van der Waals surface area contributed by atoms with Crippen LogP contribution in [0.4, 0.5) is 19.0 Å². The molecule has 0 radical (unpaired) electrons. The average Bonchev–Trinajstić information content (AvgIpc) is 3.11. The third-order valence-corrected chi connectivity index (χ3v) is 3.99. The zero-order chi connectivity index (χ0) is 20.9. The van der Waals surface area contributed by atoms with Crippen molar-refractivity contribution >= 4 is 29.2 Å². The summed E-state index contributed by atoms with van der Waals surface area (Å²) in [7, 11) is 1.27. The van der Waals surface area contributed by atoms with E-state index in [2.05, 4.69) is 10.5 Å². The summed E-state index contributed by atoms with van der Waals surface area (Å²) in [6.45, 7) is 1.38. The van der Waals surface area contributed by atoms with Crippen LogP contribution in [0.3, 0.4) is 0 Å². The highest BCUT2D eigenvalue weighted by atomic mass is 35.5. The smallest absolute Gasteiger partial charge is 0.383 e. The number of ether oxygens (including phenoxy) is 1. The third-order valence-electron chi connectivity index (χ3n) is 3.76. The number of alkyl halides is 3. The second-order valence-electron chi connectivity index (χ2n) is 5.75. The van der Waals surface area contributed by atoms with Gasteiger partial charge < -0.3 is 14.6 Å². The molecular formula is C17H17ClF3N3O4. The number of aromatic nitrogens is 1. The van der Waals surface area contributed by atoms with Crippen molar-refractivity contribution in [1.82, 2.24) is 10.5 Å². The molecule has 0 saturated heterocycles. The van der Waals surface area contributed by atoms with E-state index < -0.39 is 30.4 Å². The molecule has 28 heavy (non-hydrogen) atoms. The fraction of sp³-hybridized carbons (Fsp3) is 0.353. The van der Waals surface area contributed by atoms with E-state index in [1.165, 1.54) is 7.11 Å². The Morgan fingerprint density at radius 1 is 1.32 bits per heavy atom. The predicted octanol–water partition coefficient (Wildman–Crippen LogP) is 3.11. The zero-order valence-corrected chi connectivity index (χ0v) is 15.7. The first-order valence-electron chi connectivity index (χ1n) is 8.01. The van der Waals surface area contributed by atoms with E-state index >= 15 is 0 Å². The molecule has 0 spiro atoms. The molecule has 7 nitrogen and oxygen atoms in total. The summed E-state index contributed by atoms with van der Waals surface area (Å²) in [6, 6.07) is 6.13. The molecule has 1 aromatic heterocycles. The SMILES string of the molecule is COCCN(C(=O)C(F)(F)F)c1cc(C(=O)NCc2cc(Cl)ccc2C)on1. The number of rotatable bonds is 7. The minimum absolute atomic E-state index is 0.121. The van der Waals surface area contributed by atoms with Gasteiger partial charge in [0.1, 0.15) is 0 Å². The molecule has 0 unspecified atom stereocenters. The Hall–Kier alpha value is -2.59. The number of methoxy groups -OCH3 is 1. The molecule has 2 aromatic rings. The molecule has 0 bridgehead atoms. The molecular weight excluding hydrogens is 403 g/mol. The number of nitrogens with zero attached hydrogens (tertiary/aromatic N) is 2. The number of hydrogen-bond donors (Lipinski definition) is 1. The second-order valence-corrected chi connectivity index (χ2v) is 6.19. The van der Waals surface area contributed by atoms with Gasteiger partial charge >= 0.3 is 12.1 Å². The lowest BCUT2D eigenvalue weighted by molar-refractivity contribution is -0.170. The first-order chi connectivity index (χ1) is 13.1. The number of halogens is 4. The Morgan fingerprint density at radius 3 is 2.68 bits per heavy atom. The van der Waals surface area contributed by atoms with Crippen LogP contribution in [0, 0.1) is 6.92 Å². The van der Waals surface area contributed by atoms with E-state index in [0.29, 0.717) is 9.92 Å². The van der Waals surface area contributed by atoms with Crippen LogP contribution >= 0.6 is 11.6 Å². The Morgan fingerprint density at radius 2 is 2.04 bits per heavy atom. The van der Waals surface area contributed by atoms with Gasteiger partial charge in [-0.05, 0) is 30.2 Å². The maximum Gasteiger partial charge on any atom is 0.471 e. The molecule has 2 amide bonds. The maximum absolute atomic E-state index is 12.8. The highest BCUT2D eigenvalue weighted by molar-refractivity contribution is 6.30. The minimum atomic E-state index is -5.11. The van der Waals surface area contributed by atoms with Gasteiger partial charge in [0.2, 0.25) is 5.76 Å². The van der Waals surface area contributed by atoms with Crippen molar-refractivity contribution in [2.75, 3.05) is 25.2 Å². The first-order valence-corrected chi connectivity index (χ1v) is 8.39. The van der Waals surface area contributed by atoms with Gasteiger partial charge in [-0.25, -0.2) is 0 Å². The van der Waals surface area contributed by atoms with Crippen LogP contribution in [0.15, 0.2) is 28.8 Å². The second kappa shape index (κ2) is 9.07. The van der Waals surface area contributed by atoms with Gasteiger partial charge in [0.05, 0.1) is 13.2 Å². The molecule has 0 aliphatic heterocycles. The molecule has 0 aliphatic rings. The lowest BCUT2D eigenvalue weighted by Crippen LogP contribution is -2.43. The lowest BCUT2D eigenvalue weighted by Gasteiger charge is -2.20. The quantitative estimate of drug-likeness (QED) is 0.745. The summed E-state index contributed by atoms with van der Waals surface area (Å²) in [5.41, 5.74) is 1.65. The van der Waals surface area contributed by atoms with Gasteiger partial charge in [-0.2, -0.15) is 13.2 Å². The van der Waals surface area contributed by atoms with Crippen molar-refractivity contribution in [2.24, 2.45) is 0 Å². The summed E-state index contributed by atoms with van der Waals surface area (Å²) in [4.78, 5) is 24.1. The van der Waals surface area contributed by atoms with E-state index in [0.717, 1.165) is 17.2 Å². The fourth-order valence-corrected chi connectivity index (χ4v) is 2.44. The van der Waals surface area contributed by atoms with Gasteiger partial charge in [-0.1, -0.05) is 22.8 Å². The molecule has 0 fully saturated rings. The monoisotopic (exact) mass is 419 g/mol. The minimum Gasteiger partial charge on any atom is -0.383 e. The predicted molar refractivity (Wildman–Crippen MR) is 94.1 cm³/mol. The van der Waals surface area contributed by atoms with Gasteiger partial charge in [0.25, 0.3) is 5.91 Å². The van der Waals surface area contributed by atoms with Crippen LogP contribution in [0.5, 0.6) is 0 Å². The Labute approximate surface area is 163 Å². The largest absolute Gasteiger partial charge is 0.471 e. The van der Waals surface area contributed by atoms with Crippen molar-refractivity contribution in [2.45, 2.75) is 19.6 Å². The molecule has 11 heteroatoms. The summed E-state index contributed by atoms with van der Waals surface area (Å²) in [5, 5.41) is 6.46. The number of anilines is 1. The fourth-order valence-electron chi connectivity index (χ4n) is 2.25. The van der Waals surface area contributed by atoms with Crippen molar-refractivity contribution in [3.8, 4) is 0 Å². The first kappa shape index (κ1) is 21.7. The maximum atomic E-state index is 12.8. The summed E-state index contributed by atoms with van der Waals surface area (Å²) in [6.07, 6.45) is -5.11. The van der Waals surface area contributed by atoms with E-state index in [-0.39, 0.29) is 18.9 Å². The van der Waals surface area contributed by atoms with Crippen molar-refractivity contribution in [3.05, 3.63) is 46.2 Å². The normalized spacial score (nSPS) is 11.4. The number of amides is 2. The number of hydrogen-bond acceptors (Lipinski definition) is 5. The molecule has 0 saturated carbocycles. The van der Waals surface area contributed by atoms with Crippen LogP contribution in [-0.4, -0.2) is 43.4 Å². The van der Waals surface area contributed by atoms with Crippen LogP contribution in [0.1, 0.15) is 21.7 Å². The van der Waals surface area contributed by atoms with Crippen LogP contribution < -0.4 is 10.2 Å². The number of nitrogens with one attached hydrogen (secondary N) is 1. The van der Waals surface area contributed by atoms with Crippen molar-refractivity contribution in [3.63, 3.8) is 0 Å². The van der Waals surface area contributed by atoms with Crippen molar-refractivity contribution < 1.29 is 32.0 Å². The Bertz CT molecular complexity index is 854. The number of carbonyl (C=O) groups excluding carboxylic acids is 2. The van der Waals surface area contributed by atoms with Crippen LogP contribution in [0.2, 0.25) is 5.02 Å². The highest BCUT2D eigenvalue weighted by Crippen LogP contribution is 2.23. The Kier molecular flexibility index (Phi) is 7.03. The summed E-state index contributed by atoms with van der Waals surface area (Å²) < 4.78 is 47.8. The summed E-state index contributed by atoms with van der Waals surface area (Å²) >= 11 is 5.91. The van der Waals surface area contributed by atoms with E-state index in [1.54, 1.807) is 18.2 Å². The molecule has 1 heterocycles. The topological polar surface area (TPSA) is 84.7 Å². The highest BCUT2D eigenvalue weighted by Gasteiger charge is 2.44. The lowest BCUT2D eigenvalue weighted by atomic mass is 10.1. The van der Waals surface area contributed by atoms with Crippen LogP contribution in [-0.2, 0) is 16.1 Å². The van der Waals surface area contributed by atoms with Gasteiger partial charge in [0, 0.05) is 24.7 Å². The number of aryl methyl sites for hydroxylation is 1. The third kappa shape index (κ3) is 5.46. The molecule has 152 valence electrons. The van der Waals surface area contributed by atoms with Gasteiger partial charge in [0.15, 0.2) is 5.82 Å². The van der Waals surface area contributed by atoms with Gasteiger partial charge in [-0.15, -0.1) is 0 Å². The summed E-state index contributed by atoms with van der Waals surface area (Å²) in [5.74, 6) is -3.63. The Balaban J connectivity index is 2.12. The van der Waals surface area contributed by atoms with E-state index in [1.807, 2.05) is 6.92 Å². The average molecular weight is 420 g/mol. The molecule has 2 rings (SSSR count). The number of benzene rings is 1. The van der Waals surface area contributed by atoms with E-state index in [4.69, 9.17) is 20.9 Å². The van der Waals surface area contributed by atoms with Gasteiger partial charge in [-0.3, -0.25) is 14.5 Å². The van der Waals surface area contributed by atoms with E-state index in [9.17, 15) is 22.8 Å². The zero-order valence-electron chi connectivity index (χ0n) is 15.0. The molecule has 0 atom stereocenters. The van der Waals surface area contributed by atoms with Crippen LogP contribution in [0.25, 0.3) is 0 Å². The molecule has 1 N–H and O–H groups in total.